The first-order valence-electron chi connectivity index (χ1n) is 7.44. The van der Waals surface area contributed by atoms with Crippen LogP contribution < -0.4 is 5.32 Å². The van der Waals surface area contributed by atoms with Crippen molar-refractivity contribution < 1.29 is 9.90 Å². The largest absolute Gasteiger partial charge is 0.396 e. The van der Waals surface area contributed by atoms with Gasteiger partial charge in [0.05, 0.1) is 0 Å². The SMILES string of the molecule is CN(C)Cc1ccc(CNC(=O)N2CCC(CO)C2)cc1. The average molecular weight is 291 g/mol. The van der Waals surface area contributed by atoms with Crippen LogP contribution in [0.3, 0.4) is 0 Å². The monoisotopic (exact) mass is 291 g/mol. The lowest BCUT2D eigenvalue weighted by Gasteiger charge is -2.17. The van der Waals surface area contributed by atoms with Crippen LogP contribution >= 0.6 is 0 Å². The molecule has 1 saturated heterocycles. The number of hydrogen-bond donors (Lipinski definition) is 2. The highest BCUT2D eigenvalue weighted by Crippen LogP contribution is 2.15. The van der Waals surface area contributed by atoms with Crippen LogP contribution in [-0.4, -0.2) is 54.7 Å². The molecule has 116 valence electrons. The van der Waals surface area contributed by atoms with Gasteiger partial charge in [-0.15, -0.1) is 0 Å². The van der Waals surface area contributed by atoms with E-state index in [-0.39, 0.29) is 18.6 Å². The number of carbonyl (C=O) groups is 1. The van der Waals surface area contributed by atoms with E-state index in [4.69, 9.17) is 5.11 Å². The molecule has 1 aliphatic heterocycles. The Morgan fingerprint density at radius 2 is 2.00 bits per heavy atom. The van der Waals surface area contributed by atoms with Crippen molar-refractivity contribution in [1.82, 2.24) is 15.1 Å². The summed E-state index contributed by atoms with van der Waals surface area (Å²) < 4.78 is 0. The second-order valence-corrected chi connectivity index (χ2v) is 6.00. The fourth-order valence-corrected chi connectivity index (χ4v) is 2.58. The quantitative estimate of drug-likeness (QED) is 0.859. The molecule has 2 rings (SSSR count). The molecule has 1 unspecified atom stereocenters. The van der Waals surface area contributed by atoms with Crippen LogP contribution in [-0.2, 0) is 13.1 Å². The summed E-state index contributed by atoms with van der Waals surface area (Å²) in [6.45, 7) is 3.02. The van der Waals surface area contributed by atoms with Gasteiger partial charge in [0.1, 0.15) is 0 Å². The summed E-state index contributed by atoms with van der Waals surface area (Å²) in [6, 6.07) is 8.26. The topological polar surface area (TPSA) is 55.8 Å². The summed E-state index contributed by atoms with van der Waals surface area (Å²) in [5.74, 6) is 0.237. The molecule has 2 amide bonds. The van der Waals surface area contributed by atoms with E-state index in [0.717, 1.165) is 25.1 Å². The van der Waals surface area contributed by atoms with E-state index in [1.165, 1.54) is 5.56 Å². The molecule has 0 radical (unpaired) electrons. The average Bonchev–Trinajstić information content (AvgIpc) is 2.94. The number of benzene rings is 1. The Labute approximate surface area is 126 Å². The number of nitrogens with zero attached hydrogens (tertiary/aromatic N) is 2. The Balaban J connectivity index is 1.79. The van der Waals surface area contributed by atoms with E-state index < -0.39 is 0 Å². The number of likely N-dealkylation sites (tertiary alicyclic amines) is 1. The first-order valence-corrected chi connectivity index (χ1v) is 7.44. The molecule has 1 heterocycles. The molecule has 1 aromatic carbocycles. The Hall–Kier alpha value is -1.59. The molecule has 1 aliphatic rings. The van der Waals surface area contributed by atoms with Crippen molar-refractivity contribution in [3.63, 3.8) is 0 Å². The number of amides is 2. The number of rotatable bonds is 5. The van der Waals surface area contributed by atoms with Gasteiger partial charge >= 0.3 is 6.03 Å². The number of hydrogen-bond acceptors (Lipinski definition) is 3. The zero-order valence-corrected chi connectivity index (χ0v) is 12.9. The van der Waals surface area contributed by atoms with Crippen LogP contribution in [0, 0.1) is 5.92 Å². The molecule has 1 atom stereocenters. The van der Waals surface area contributed by atoms with E-state index in [1.54, 1.807) is 4.90 Å². The minimum atomic E-state index is -0.0386. The van der Waals surface area contributed by atoms with Crippen LogP contribution in [0.5, 0.6) is 0 Å². The first-order chi connectivity index (χ1) is 10.1. The third-order valence-corrected chi connectivity index (χ3v) is 3.80. The first kappa shape index (κ1) is 15.8. The van der Waals surface area contributed by atoms with Crippen molar-refractivity contribution in [2.75, 3.05) is 33.8 Å². The summed E-state index contributed by atoms with van der Waals surface area (Å²) in [5.41, 5.74) is 2.36. The maximum atomic E-state index is 12.0. The number of urea groups is 1. The predicted molar refractivity (Wildman–Crippen MR) is 82.8 cm³/mol. The second kappa shape index (κ2) is 7.43. The molecule has 5 nitrogen and oxygen atoms in total. The van der Waals surface area contributed by atoms with Crippen LogP contribution in [0.25, 0.3) is 0 Å². The van der Waals surface area contributed by atoms with Gasteiger partial charge in [0, 0.05) is 38.7 Å². The predicted octanol–water partition coefficient (Wildman–Crippen LogP) is 1.27. The van der Waals surface area contributed by atoms with Crippen molar-refractivity contribution in [2.24, 2.45) is 5.92 Å². The number of aliphatic hydroxyl groups is 1. The van der Waals surface area contributed by atoms with E-state index >= 15 is 0 Å². The molecule has 1 fully saturated rings. The van der Waals surface area contributed by atoms with Gasteiger partial charge in [-0.2, -0.15) is 0 Å². The molecule has 0 bridgehead atoms. The van der Waals surface area contributed by atoms with E-state index in [9.17, 15) is 4.79 Å². The van der Waals surface area contributed by atoms with Crippen molar-refractivity contribution in [1.29, 1.82) is 0 Å². The molecule has 21 heavy (non-hydrogen) atoms. The summed E-state index contributed by atoms with van der Waals surface area (Å²) in [4.78, 5) is 15.9. The lowest BCUT2D eigenvalue weighted by molar-refractivity contribution is 0.198. The van der Waals surface area contributed by atoms with Gasteiger partial charge in [-0.05, 0) is 31.6 Å². The lowest BCUT2D eigenvalue weighted by atomic mass is 10.1. The summed E-state index contributed by atoms with van der Waals surface area (Å²) in [6.07, 6.45) is 0.892. The molecule has 5 heteroatoms. The smallest absolute Gasteiger partial charge is 0.317 e. The number of nitrogens with one attached hydrogen (secondary N) is 1. The fourth-order valence-electron chi connectivity index (χ4n) is 2.58. The van der Waals surface area contributed by atoms with Crippen LogP contribution in [0.1, 0.15) is 17.5 Å². The number of carbonyl (C=O) groups excluding carboxylic acids is 1. The number of aliphatic hydroxyl groups excluding tert-OH is 1. The molecule has 0 saturated carbocycles. The lowest BCUT2D eigenvalue weighted by Crippen LogP contribution is -2.38. The minimum Gasteiger partial charge on any atom is -0.396 e. The van der Waals surface area contributed by atoms with Gasteiger partial charge in [0.25, 0.3) is 0 Å². The maximum absolute atomic E-state index is 12.0. The highest BCUT2D eigenvalue weighted by molar-refractivity contribution is 5.74. The summed E-state index contributed by atoms with van der Waals surface area (Å²) >= 11 is 0. The van der Waals surface area contributed by atoms with Gasteiger partial charge < -0.3 is 20.2 Å². The minimum absolute atomic E-state index is 0.0386. The van der Waals surface area contributed by atoms with E-state index in [0.29, 0.717) is 13.1 Å². The Kier molecular flexibility index (Phi) is 5.59. The van der Waals surface area contributed by atoms with Crippen molar-refractivity contribution >= 4 is 6.03 Å². The van der Waals surface area contributed by atoms with Crippen molar-refractivity contribution in [3.05, 3.63) is 35.4 Å². The normalized spacial score (nSPS) is 18.3. The molecular formula is C16H25N3O2. The van der Waals surface area contributed by atoms with Crippen LogP contribution in [0.2, 0.25) is 0 Å². The highest BCUT2D eigenvalue weighted by atomic mass is 16.3. The van der Waals surface area contributed by atoms with Crippen LogP contribution in [0.4, 0.5) is 4.79 Å². The van der Waals surface area contributed by atoms with E-state index in [1.807, 2.05) is 14.1 Å². The fraction of sp³-hybridized carbons (Fsp3) is 0.562. The maximum Gasteiger partial charge on any atom is 0.317 e. The molecule has 0 aliphatic carbocycles. The highest BCUT2D eigenvalue weighted by Gasteiger charge is 2.25. The van der Waals surface area contributed by atoms with Gasteiger partial charge in [-0.3, -0.25) is 0 Å². The van der Waals surface area contributed by atoms with Crippen molar-refractivity contribution in [2.45, 2.75) is 19.5 Å². The van der Waals surface area contributed by atoms with Gasteiger partial charge in [-0.25, -0.2) is 4.79 Å². The van der Waals surface area contributed by atoms with Crippen LogP contribution in [0.15, 0.2) is 24.3 Å². The summed E-state index contributed by atoms with van der Waals surface area (Å²) in [5, 5.41) is 12.0. The van der Waals surface area contributed by atoms with Gasteiger partial charge in [0.15, 0.2) is 0 Å². The Morgan fingerprint density at radius 3 is 2.57 bits per heavy atom. The standard InChI is InChI=1S/C16H25N3O2/c1-18(2)10-14-5-3-13(4-6-14)9-17-16(21)19-8-7-15(11-19)12-20/h3-6,15,20H,7-12H2,1-2H3,(H,17,21). The Bertz CT molecular complexity index is 459. The zero-order chi connectivity index (χ0) is 15.2. The third-order valence-electron chi connectivity index (χ3n) is 3.80. The molecule has 1 aromatic rings. The molecular weight excluding hydrogens is 266 g/mol. The van der Waals surface area contributed by atoms with Crippen molar-refractivity contribution in [3.8, 4) is 0 Å². The second-order valence-electron chi connectivity index (χ2n) is 6.00. The Morgan fingerprint density at radius 1 is 1.33 bits per heavy atom. The van der Waals surface area contributed by atoms with Gasteiger partial charge in [-0.1, -0.05) is 24.3 Å². The van der Waals surface area contributed by atoms with Gasteiger partial charge in [0.2, 0.25) is 0 Å². The summed E-state index contributed by atoms with van der Waals surface area (Å²) in [7, 11) is 4.09. The molecule has 0 aromatic heterocycles. The zero-order valence-electron chi connectivity index (χ0n) is 12.9. The molecule has 2 N–H and O–H groups in total. The third kappa shape index (κ3) is 4.72. The van der Waals surface area contributed by atoms with E-state index in [2.05, 4.69) is 34.5 Å². The molecule has 0 spiro atoms.